The number of ether oxygens (including phenoxy) is 1. The van der Waals surface area contributed by atoms with E-state index in [0.717, 1.165) is 20.8 Å². The van der Waals surface area contributed by atoms with Gasteiger partial charge in [0.2, 0.25) is 0 Å². The first-order valence-corrected chi connectivity index (χ1v) is 7.40. The Labute approximate surface area is 131 Å². The summed E-state index contributed by atoms with van der Waals surface area (Å²) in [4.78, 5) is 12.1. The van der Waals surface area contributed by atoms with E-state index in [0.29, 0.717) is 11.3 Å². The molecule has 0 aliphatic heterocycles. The van der Waals surface area contributed by atoms with E-state index < -0.39 is 0 Å². The van der Waals surface area contributed by atoms with Crippen LogP contribution in [0.2, 0.25) is 0 Å². The zero-order chi connectivity index (χ0) is 14.8. The standard InChI is InChI=1S/C18H13BrO2/c1-12-5-7-13(8-6-12)18(20)21-15-9-10-16-14(11-15)3-2-4-17(16)19/h2-11H,1H3. The minimum atomic E-state index is -0.343. The SMILES string of the molecule is Cc1ccc(C(=O)Oc2ccc3c(Br)cccc3c2)cc1. The largest absolute Gasteiger partial charge is 0.423 e. The molecular weight excluding hydrogens is 328 g/mol. The Morgan fingerprint density at radius 2 is 1.76 bits per heavy atom. The number of rotatable bonds is 2. The zero-order valence-electron chi connectivity index (χ0n) is 11.5. The van der Waals surface area contributed by atoms with Crippen LogP contribution in [0.15, 0.2) is 65.1 Å². The summed E-state index contributed by atoms with van der Waals surface area (Å²) in [5, 5.41) is 2.12. The molecule has 104 valence electrons. The van der Waals surface area contributed by atoms with Crippen molar-refractivity contribution in [3.8, 4) is 5.75 Å². The molecule has 0 aliphatic carbocycles. The Kier molecular flexibility index (Phi) is 3.76. The van der Waals surface area contributed by atoms with E-state index in [9.17, 15) is 4.79 Å². The molecule has 3 aromatic carbocycles. The number of aryl methyl sites for hydroxylation is 1. The summed E-state index contributed by atoms with van der Waals surface area (Å²) in [6.07, 6.45) is 0. The predicted octanol–water partition coefficient (Wildman–Crippen LogP) is 5.13. The van der Waals surface area contributed by atoms with Gasteiger partial charge in [-0.15, -0.1) is 0 Å². The van der Waals surface area contributed by atoms with E-state index in [1.807, 2.05) is 49.4 Å². The molecule has 0 saturated heterocycles. The van der Waals surface area contributed by atoms with Gasteiger partial charge in [0.25, 0.3) is 0 Å². The van der Waals surface area contributed by atoms with Gasteiger partial charge in [-0.3, -0.25) is 0 Å². The smallest absolute Gasteiger partial charge is 0.343 e. The third kappa shape index (κ3) is 2.98. The Balaban J connectivity index is 1.88. The van der Waals surface area contributed by atoms with Crippen molar-refractivity contribution in [3.05, 3.63) is 76.3 Å². The number of fused-ring (bicyclic) bond motifs is 1. The lowest BCUT2D eigenvalue weighted by molar-refractivity contribution is 0.0735. The van der Waals surface area contributed by atoms with Crippen LogP contribution in [0.5, 0.6) is 5.75 Å². The number of benzene rings is 3. The minimum absolute atomic E-state index is 0.343. The average Bonchev–Trinajstić information content (AvgIpc) is 2.48. The van der Waals surface area contributed by atoms with Crippen LogP contribution in [-0.2, 0) is 0 Å². The van der Waals surface area contributed by atoms with Crippen LogP contribution in [0.3, 0.4) is 0 Å². The van der Waals surface area contributed by atoms with Crippen molar-refractivity contribution in [3.63, 3.8) is 0 Å². The monoisotopic (exact) mass is 340 g/mol. The van der Waals surface area contributed by atoms with Gasteiger partial charge in [0, 0.05) is 4.47 Å². The highest BCUT2D eigenvalue weighted by Gasteiger charge is 2.09. The fourth-order valence-corrected chi connectivity index (χ4v) is 2.66. The first-order valence-electron chi connectivity index (χ1n) is 6.60. The normalized spacial score (nSPS) is 10.6. The molecule has 3 heteroatoms. The lowest BCUT2D eigenvalue weighted by atomic mass is 10.1. The molecule has 0 unspecified atom stereocenters. The lowest BCUT2D eigenvalue weighted by Gasteiger charge is -2.07. The molecule has 0 spiro atoms. The van der Waals surface area contributed by atoms with Crippen molar-refractivity contribution in [2.24, 2.45) is 0 Å². The fraction of sp³-hybridized carbons (Fsp3) is 0.0556. The quantitative estimate of drug-likeness (QED) is 0.477. The van der Waals surface area contributed by atoms with E-state index >= 15 is 0 Å². The van der Waals surface area contributed by atoms with Crippen molar-refractivity contribution < 1.29 is 9.53 Å². The van der Waals surface area contributed by atoms with Crippen LogP contribution in [0.4, 0.5) is 0 Å². The summed E-state index contributed by atoms with van der Waals surface area (Å²) in [6.45, 7) is 1.98. The van der Waals surface area contributed by atoms with Crippen LogP contribution < -0.4 is 4.74 Å². The number of halogens is 1. The minimum Gasteiger partial charge on any atom is -0.423 e. The summed E-state index contributed by atoms with van der Waals surface area (Å²) in [7, 11) is 0. The second-order valence-electron chi connectivity index (χ2n) is 4.88. The summed E-state index contributed by atoms with van der Waals surface area (Å²) in [5.74, 6) is 0.204. The summed E-state index contributed by atoms with van der Waals surface area (Å²) >= 11 is 3.51. The van der Waals surface area contributed by atoms with Gasteiger partial charge in [0.05, 0.1) is 5.56 Å². The van der Waals surface area contributed by atoms with Gasteiger partial charge in [0.15, 0.2) is 0 Å². The van der Waals surface area contributed by atoms with Crippen LogP contribution in [0.25, 0.3) is 10.8 Å². The molecule has 0 atom stereocenters. The van der Waals surface area contributed by atoms with Crippen LogP contribution in [0.1, 0.15) is 15.9 Å². The van der Waals surface area contributed by atoms with Gasteiger partial charge in [-0.05, 0) is 54.1 Å². The third-order valence-corrected chi connectivity index (χ3v) is 3.99. The third-order valence-electron chi connectivity index (χ3n) is 3.30. The van der Waals surface area contributed by atoms with Crippen LogP contribution >= 0.6 is 15.9 Å². The first-order chi connectivity index (χ1) is 10.1. The molecule has 3 rings (SSSR count). The molecule has 21 heavy (non-hydrogen) atoms. The molecule has 0 aromatic heterocycles. The van der Waals surface area contributed by atoms with Crippen LogP contribution in [-0.4, -0.2) is 5.97 Å². The van der Waals surface area contributed by atoms with Gasteiger partial charge in [0.1, 0.15) is 5.75 Å². The van der Waals surface area contributed by atoms with Gasteiger partial charge < -0.3 is 4.74 Å². The highest BCUT2D eigenvalue weighted by atomic mass is 79.9. The average molecular weight is 341 g/mol. The Morgan fingerprint density at radius 1 is 1.00 bits per heavy atom. The lowest BCUT2D eigenvalue weighted by Crippen LogP contribution is -2.08. The molecular formula is C18H13BrO2. The van der Waals surface area contributed by atoms with Crippen molar-refractivity contribution in [2.45, 2.75) is 6.92 Å². The van der Waals surface area contributed by atoms with E-state index in [1.54, 1.807) is 18.2 Å². The van der Waals surface area contributed by atoms with Crippen molar-refractivity contribution >= 4 is 32.7 Å². The molecule has 0 radical (unpaired) electrons. The number of esters is 1. The second kappa shape index (κ2) is 5.70. The molecule has 0 saturated carbocycles. The number of hydrogen-bond acceptors (Lipinski definition) is 2. The van der Waals surface area contributed by atoms with Gasteiger partial charge in [-0.1, -0.05) is 45.8 Å². The van der Waals surface area contributed by atoms with Crippen molar-refractivity contribution in [2.75, 3.05) is 0 Å². The Hall–Kier alpha value is -2.13. The molecule has 0 fully saturated rings. The number of carbonyl (C=O) groups is 1. The van der Waals surface area contributed by atoms with E-state index in [-0.39, 0.29) is 5.97 Å². The van der Waals surface area contributed by atoms with Gasteiger partial charge in [-0.2, -0.15) is 0 Å². The fourth-order valence-electron chi connectivity index (χ4n) is 2.14. The maximum absolute atomic E-state index is 12.1. The highest BCUT2D eigenvalue weighted by Crippen LogP contribution is 2.27. The number of hydrogen-bond donors (Lipinski definition) is 0. The zero-order valence-corrected chi connectivity index (χ0v) is 13.1. The summed E-state index contributed by atoms with van der Waals surface area (Å²) in [5.41, 5.74) is 1.66. The molecule has 2 nitrogen and oxygen atoms in total. The van der Waals surface area contributed by atoms with Gasteiger partial charge >= 0.3 is 5.97 Å². The second-order valence-corrected chi connectivity index (χ2v) is 5.73. The van der Waals surface area contributed by atoms with E-state index in [2.05, 4.69) is 15.9 Å². The summed E-state index contributed by atoms with van der Waals surface area (Å²) in [6, 6.07) is 18.9. The highest BCUT2D eigenvalue weighted by molar-refractivity contribution is 9.10. The van der Waals surface area contributed by atoms with E-state index in [4.69, 9.17) is 4.74 Å². The molecule has 3 aromatic rings. The molecule has 0 aliphatic rings. The number of carbonyl (C=O) groups excluding carboxylic acids is 1. The first kappa shape index (κ1) is 13.8. The van der Waals surface area contributed by atoms with Crippen LogP contribution in [0, 0.1) is 6.92 Å². The molecule has 0 amide bonds. The maximum atomic E-state index is 12.1. The Bertz CT molecular complexity index is 807. The Morgan fingerprint density at radius 3 is 2.52 bits per heavy atom. The topological polar surface area (TPSA) is 26.3 Å². The van der Waals surface area contributed by atoms with Crippen molar-refractivity contribution in [1.29, 1.82) is 0 Å². The molecule has 0 bridgehead atoms. The predicted molar refractivity (Wildman–Crippen MR) is 87.8 cm³/mol. The van der Waals surface area contributed by atoms with E-state index in [1.165, 1.54) is 0 Å². The van der Waals surface area contributed by atoms with Crippen molar-refractivity contribution in [1.82, 2.24) is 0 Å². The molecule has 0 heterocycles. The van der Waals surface area contributed by atoms with Gasteiger partial charge in [-0.25, -0.2) is 4.79 Å². The molecule has 0 N–H and O–H groups in total. The maximum Gasteiger partial charge on any atom is 0.343 e. The summed E-state index contributed by atoms with van der Waals surface area (Å²) < 4.78 is 6.46.